The summed E-state index contributed by atoms with van der Waals surface area (Å²) in [5, 5.41) is 1.60. The van der Waals surface area contributed by atoms with Crippen LogP contribution in [0.5, 0.6) is 0 Å². The molecule has 2 heterocycles. The predicted octanol–water partition coefficient (Wildman–Crippen LogP) is 3.27. The first-order valence-corrected chi connectivity index (χ1v) is 7.35. The summed E-state index contributed by atoms with van der Waals surface area (Å²) in [6, 6.07) is 4.41. The highest BCUT2D eigenvalue weighted by molar-refractivity contribution is 7.99. The Kier molecular flexibility index (Phi) is 4.27. The lowest BCUT2D eigenvalue weighted by Crippen LogP contribution is -2.28. The minimum atomic E-state index is 0.165. The molecule has 1 aromatic heterocycles. The van der Waals surface area contributed by atoms with Crippen molar-refractivity contribution < 1.29 is 4.79 Å². The summed E-state index contributed by atoms with van der Waals surface area (Å²) in [6.07, 6.45) is 4.07. The van der Waals surface area contributed by atoms with Crippen LogP contribution in [0.2, 0.25) is 0 Å². The Morgan fingerprint density at radius 3 is 2.83 bits per heavy atom. The van der Waals surface area contributed by atoms with Crippen LogP contribution in [0, 0.1) is 0 Å². The molecule has 0 radical (unpaired) electrons. The van der Waals surface area contributed by atoms with Gasteiger partial charge < -0.3 is 4.90 Å². The Hall–Kier alpha value is -1.03. The molecule has 18 heavy (non-hydrogen) atoms. The molecule has 1 saturated heterocycles. The van der Waals surface area contributed by atoms with Crippen molar-refractivity contribution >= 4 is 17.7 Å². The number of hydrogen-bond donors (Lipinski definition) is 0. The van der Waals surface area contributed by atoms with Gasteiger partial charge >= 0.3 is 0 Å². The molecule has 1 fully saturated rings. The monoisotopic (exact) mass is 264 g/mol. The third-order valence-electron chi connectivity index (χ3n) is 3.16. The van der Waals surface area contributed by atoms with Crippen molar-refractivity contribution in [2.24, 2.45) is 0 Å². The lowest BCUT2D eigenvalue weighted by molar-refractivity contribution is -0.129. The third-order valence-corrected chi connectivity index (χ3v) is 4.11. The molecule has 4 heteroatoms. The van der Waals surface area contributed by atoms with Gasteiger partial charge in [0.05, 0.1) is 11.1 Å². The van der Waals surface area contributed by atoms with Gasteiger partial charge in [-0.1, -0.05) is 19.9 Å². The molecular formula is C14H20N2OS. The highest BCUT2D eigenvalue weighted by Gasteiger charge is 2.27. The Balaban J connectivity index is 2.11. The summed E-state index contributed by atoms with van der Waals surface area (Å²) >= 11 is 1.77. The van der Waals surface area contributed by atoms with Gasteiger partial charge in [-0.3, -0.25) is 4.79 Å². The van der Waals surface area contributed by atoms with Gasteiger partial charge in [0.1, 0.15) is 0 Å². The minimum absolute atomic E-state index is 0.165. The van der Waals surface area contributed by atoms with Crippen molar-refractivity contribution in [3.8, 4) is 0 Å². The van der Waals surface area contributed by atoms with Gasteiger partial charge in [0.15, 0.2) is 0 Å². The number of rotatable bonds is 3. The number of likely N-dealkylation sites (tertiary alicyclic amines) is 1. The van der Waals surface area contributed by atoms with E-state index in [0.29, 0.717) is 5.25 Å². The van der Waals surface area contributed by atoms with Gasteiger partial charge in [-0.25, -0.2) is 4.98 Å². The van der Waals surface area contributed by atoms with Crippen molar-refractivity contribution in [2.45, 2.75) is 49.9 Å². The normalized spacial score (nSPS) is 19.6. The van der Waals surface area contributed by atoms with Crippen LogP contribution in [-0.2, 0) is 4.79 Å². The Morgan fingerprint density at radius 1 is 1.50 bits per heavy atom. The zero-order chi connectivity index (χ0) is 13.1. The molecule has 0 bridgehead atoms. The van der Waals surface area contributed by atoms with Crippen LogP contribution in [-0.4, -0.2) is 27.6 Å². The van der Waals surface area contributed by atoms with E-state index in [1.54, 1.807) is 18.7 Å². The number of nitrogens with zero attached hydrogens (tertiary/aromatic N) is 2. The standard InChI is InChI=1S/C14H20N2OS/c1-10(2)18-14-7-6-12(9-15-14)13-5-4-8-16(13)11(3)17/h6-7,9-10,13H,4-5,8H2,1-3H3. The summed E-state index contributed by atoms with van der Waals surface area (Å²) in [7, 11) is 0. The number of amides is 1. The van der Waals surface area contributed by atoms with E-state index in [1.807, 2.05) is 11.1 Å². The second-order valence-electron chi connectivity index (χ2n) is 4.97. The molecular weight excluding hydrogens is 244 g/mol. The maximum Gasteiger partial charge on any atom is 0.219 e. The molecule has 98 valence electrons. The topological polar surface area (TPSA) is 33.2 Å². The summed E-state index contributed by atoms with van der Waals surface area (Å²) in [6.45, 7) is 6.85. The quantitative estimate of drug-likeness (QED) is 0.786. The fourth-order valence-electron chi connectivity index (χ4n) is 2.39. The zero-order valence-corrected chi connectivity index (χ0v) is 12.0. The molecule has 0 aromatic carbocycles. The largest absolute Gasteiger partial charge is 0.336 e. The summed E-state index contributed by atoms with van der Waals surface area (Å²) in [5.74, 6) is 0.165. The maximum absolute atomic E-state index is 11.5. The summed E-state index contributed by atoms with van der Waals surface area (Å²) < 4.78 is 0. The molecule has 0 N–H and O–H groups in total. The van der Waals surface area contributed by atoms with Gasteiger partial charge in [0, 0.05) is 24.9 Å². The fraction of sp³-hybridized carbons (Fsp3) is 0.571. The van der Waals surface area contributed by atoms with Crippen molar-refractivity contribution in [3.05, 3.63) is 23.9 Å². The lowest BCUT2D eigenvalue weighted by atomic mass is 10.1. The van der Waals surface area contributed by atoms with Crippen molar-refractivity contribution in [2.75, 3.05) is 6.54 Å². The van der Waals surface area contributed by atoms with Gasteiger partial charge in [-0.05, 0) is 24.5 Å². The van der Waals surface area contributed by atoms with E-state index in [9.17, 15) is 4.79 Å². The highest BCUT2D eigenvalue weighted by atomic mass is 32.2. The first kappa shape index (κ1) is 13.4. The second-order valence-corrected chi connectivity index (χ2v) is 6.56. The van der Waals surface area contributed by atoms with Gasteiger partial charge in [-0.2, -0.15) is 0 Å². The van der Waals surface area contributed by atoms with E-state index in [-0.39, 0.29) is 11.9 Å². The molecule has 0 saturated carbocycles. The maximum atomic E-state index is 11.5. The van der Waals surface area contributed by atoms with Crippen LogP contribution in [0.1, 0.15) is 45.2 Å². The van der Waals surface area contributed by atoms with Crippen molar-refractivity contribution in [1.29, 1.82) is 0 Å². The summed E-state index contributed by atoms with van der Waals surface area (Å²) in [5.41, 5.74) is 1.16. The minimum Gasteiger partial charge on any atom is -0.336 e. The Labute approximate surface area is 113 Å². The first-order chi connectivity index (χ1) is 8.58. The van der Waals surface area contributed by atoms with Crippen molar-refractivity contribution in [3.63, 3.8) is 0 Å². The van der Waals surface area contributed by atoms with Crippen LogP contribution in [0.4, 0.5) is 0 Å². The second kappa shape index (κ2) is 5.74. The van der Waals surface area contributed by atoms with Crippen LogP contribution in [0.15, 0.2) is 23.4 Å². The van der Waals surface area contributed by atoms with Crippen LogP contribution < -0.4 is 0 Å². The fourth-order valence-corrected chi connectivity index (χ4v) is 3.13. The first-order valence-electron chi connectivity index (χ1n) is 6.47. The molecule has 1 atom stereocenters. The Morgan fingerprint density at radius 2 is 2.28 bits per heavy atom. The lowest BCUT2D eigenvalue weighted by Gasteiger charge is -2.23. The van der Waals surface area contributed by atoms with Gasteiger partial charge in [0.2, 0.25) is 5.91 Å². The molecule has 0 spiro atoms. The van der Waals surface area contributed by atoms with E-state index in [2.05, 4.69) is 31.0 Å². The highest BCUT2D eigenvalue weighted by Crippen LogP contribution is 2.32. The number of carbonyl (C=O) groups excluding carboxylic acids is 1. The molecule has 1 aliphatic rings. The average molecular weight is 264 g/mol. The number of aromatic nitrogens is 1. The molecule has 3 nitrogen and oxygen atoms in total. The number of hydrogen-bond acceptors (Lipinski definition) is 3. The van der Waals surface area contributed by atoms with Gasteiger partial charge in [-0.15, -0.1) is 11.8 Å². The molecule has 2 rings (SSSR count). The SMILES string of the molecule is CC(=O)N1CCCC1c1ccc(SC(C)C)nc1. The Bertz CT molecular complexity index is 416. The van der Waals surface area contributed by atoms with Gasteiger partial charge in [0.25, 0.3) is 0 Å². The van der Waals surface area contributed by atoms with E-state index >= 15 is 0 Å². The van der Waals surface area contributed by atoms with E-state index in [1.165, 1.54) is 0 Å². The summed E-state index contributed by atoms with van der Waals surface area (Å²) in [4.78, 5) is 18.0. The third kappa shape index (κ3) is 3.05. The molecule has 1 aromatic rings. The zero-order valence-electron chi connectivity index (χ0n) is 11.2. The molecule has 0 aliphatic carbocycles. The van der Waals surface area contributed by atoms with E-state index < -0.39 is 0 Å². The van der Waals surface area contributed by atoms with Crippen molar-refractivity contribution in [1.82, 2.24) is 9.88 Å². The number of pyridine rings is 1. The van der Waals surface area contributed by atoms with Crippen LogP contribution in [0.3, 0.4) is 0 Å². The van der Waals surface area contributed by atoms with Crippen LogP contribution in [0.25, 0.3) is 0 Å². The number of carbonyl (C=O) groups is 1. The smallest absolute Gasteiger partial charge is 0.219 e. The average Bonchev–Trinajstić information content (AvgIpc) is 2.78. The molecule has 1 unspecified atom stereocenters. The predicted molar refractivity (Wildman–Crippen MR) is 74.6 cm³/mol. The molecule has 1 aliphatic heterocycles. The van der Waals surface area contributed by atoms with E-state index in [0.717, 1.165) is 30.0 Å². The van der Waals surface area contributed by atoms with E-state index in [4.69, 9.17) is 0 Å². The number of thioether (sulfide) groups is 1. The molecule has 1 amide bonds. The van der Waals surface area contributed by atoms with Crippen LogP contribution >= 0.6 is 11.8 Å².